The van der Waals surface area contributed by atoms with Crippen LogP contribution >= 0.6 is 0 Å². The van der Waals surface area contributed by atoms with Gasteiger partial charge >= 0.3 is 5.97 Å². The van der Waals surface area contributed by atoms with E-state index in [4.69, 9.17) is 9.47 Å². The van der Waals surface area contributed by atoms with Gasteiger partial charge in [-0.1, -0.05) is 17.7 Å². The maximum absolute atomic E-state index is 12.3. The van der Waals surface area contributed by atoms with Gasteiger partial charge in [0.2, 0.25) is 0 Å². The standard InChI is InChI=1S/C19H20N2O6/c1-11-5-7-15(12(2)9-11)19(23)27-13(3)18(22)20-16-8-6-14(21(24)25)10-17(16)26-4/h5-10,13H,1-4H3,(H,20,22)/t13-/m0/s1. The van der Waals surface area contributed by atoms with Crippen LogP contribution in [-0.4, -0.2) is 30.0 Å². The summed E-state index contributed by atoms with van der Waals surface area (Å²) in [6.07, 6.45) is -1.07. The molecular formula is C19H20N2O6. The molecule has 0 aliphatic carbocycles. The summed E-state index contributed by atoms with van der Waals surface area (Å²) in [7, 11) is 1.33. The number of anilines is 1. The van der Waals surface area contributed by atoms with Crippen LogP contribution in [0, 0.1) is 24.0 Å². The highest BCUT2D eigenvalue weighted by Crippen LogP contribution is 2.29. The zero-order chi connectivity index (χ0) is 20.1. The van der Waals surface area contributed by atoms with Crippen LogP contribution in [0.1, 0.15) is 28.4 Å². The summed E-state index contributed by atoms with van der Waals surface area (Å²) in [5.74, 6) is -1.06. The molecule has 0 unspecified atom stereocenters. The molecule has 8 nitrogen and oxygen atoms in total. The Morgan fingerprint density at radius 1 is 1.15 bits per heavy atom. The number of esters is 1. The first-order valence-corrected chi connectivity index (χ1v) is 8.14. The summed E-state index contributed by atoms with van der Waals surface area (Å²) in [5, 5.41) is 13.4. The number of rotatable bonds is 6. The summed E-state index contributed by atoms with van der Waals surface area (Å²) in [5.41, 5.74) is 2.22. The number of nitro benzene ring substituents is 1. The molecule has 0 aromatic heterocycles. The predicted molar refractivity (Wildman–Crippen MR) is 99.1 cm³/mol. The first kappa shape index (κ1) is 19.9. The smallest absolute Gasteiger partial charge is 0.339 e. The van der Waals surface area contributed by atoms with Gasteiger partial charge in [-0.2, -0.15) is 0 Å². The van der Waals surface area contributed by atoms with Gasteiger partial charge in [-0.05, 0) is 38.5 Å². The molecular weight excluding hydrogens is 352 g/mol. The van der Waals surface area contributed by atoms with Gasteiger partial charge in [-0.15, -0.1) is 0 Å². The number of carbonyl (C=O) groups excluding carboxylic acids is 2. The molecule has 2 aromatic rings. The van der Waals surface area contributed by atoms with Crippen LogP contribution < -0.4 is 10.1 Å². The molecule has 27 heavy (non-hydrogen) atoms. The molecule has 8 heteroatoms. The fourth-order valence-electron chi connectivity index (χ4n) is 2.45. The zero-order valence-corrected chi connectivity index (χ0v) is 15.4. The molecule has 2 rings (SSSR count). The highest BCUT2D eigenvalue weighted by atomic mass is 16.6. The van der Waals surface area contributed by atoms with Crippen LogP contribution in [0.4, 0.5) is 11.4 Å². The largest absolute Gasteiger partial charge is 0.494 e. The molecule has 0 aliphatic rings. The third kappa shape index (κ3) is 4.81. The van der Waals surface area contributed by atoms with Crippen LogP contribution in [-0.2, 0) is 9.53 Å². The van der Waals surface area contributed by atoms with Crippen LogP contribution in [0.25, 0.3) is 0 Å². The zero-order valence-electron chi connectivity index (χ0n) is 15.4. The lowest BCUT2D eigenvalue weighted by Gasteiger charge is -2.16. The Bertz CT molecular complexity index is 894. The third-order valence-corrected chi connectivity index (χ3v) is 3.91. The molecule has 0 radical (unpaired) electrons. The van der Waals surface area contributed by atoms with Gasteiger partial charge in [0.15, 0.2) is 6.10 Å². The quantitative estimate of drug-likeness (QED) is 0.473. The molecule has 0 saturated heterocycles. The number of nitrogens with zero attached hydrogens (tertiary/aromatic N) is 1. The molecule has 0 heterocycles. The van der Waals surface area contributed by atoms with Gasteiger partial charge in [-0.3, -0.25) is 14.9 Å². The fraction of sp³-hybridized carbons (Fsp3) is 0.263. The van der Waals surface area contributed by atoms with Crippen molar-refractivity contribution >= 4 is 23.3 Å². The minimum atomic E-state index is -1.07. The molecule has 0 saturated carbocycles. The minimum Gasteiger partial charge on any atom is -0.494 e. The van der Waals surface area contributed by atoms with Crippen molar-refractivity contribution in [3.63, 3.8) is 0 Å². The molecule has 0 fully saturated rings. The van der Waals surface area contributed by atoms with E-state index in [9.17, 15) is 19.7 Å². The maximum Gasteiger partial charge on any atom is 0.339 e. The second-order valence-corrected chi connectivity index (χ2v) is 6.00. The van der Waals surface area contributed by atoms with Crippen molar-refractivity contribution in [3.05, 3.63) is 63.2 Å². The van der Waals surface area contributed by atoms with Crippen LogP contribution in [0.3, 0.4) is 0 Å². The van der Waals surface area contributed by atoms with Gasteiger partial charge in [-0.25, -0.2) is 4.79 Å². The summed E-state index contributed by atoms with van der Waals surface area (Å²) >= 11 is 0. The van der Waals surface area contributed by atoms with E-state index in [0.29, 0.717) is 5.56 Å². The van der Waals surface area contributed by atoms with Crippen molar-refractivity contribution in [1.82, 2.24) is 0 Å². The second kappa shape index (κ2) is 8.31. The Morgan fingerprint density at radius 2 is 1.85 bits per heavy atom. The van der Waals surface area contributed by atoms with Crippen molar-refractivity contribution in [2.75, 3.05) is 12.4 Å². The number of non-ortho nitro benzene ring substituents is 1. The molecule has 142 valence electrons. The fourth-order valence-corrected chi connectivity index (χ4v) is 2.45. The molecule has 0 aliphatic heterocycles. The normalized spacial score (nSPS) is 11.4. The van der Waals surface area contributed by atoms with Crippen molar-refractivity contribution < 1.29 is 24.0 Å². The van der Waals surface area contributed by atoms with E-state index < -0.39 is 22.9 Å². The third-order valence-electron chi connectivity index (χ3n) is 3.91. The average Bonchev–Trinajstić information content (AvgIpc) is 2.61. The second-order valence-electron chi connectivity index (χ2n) is 6.00. The van der Waals surface area contributed by atoms with E-state index in [1.54, 1.807) is 19.1 Å². The maximum atomic E-state index is 12.3. The number of hydrogen-bond acceptors (Lipinski definition) is 6. The first-order chi connectivity index (χ1) is 12.7. The lowest BCUT2D eigenvalue weighted by atomic mass is 10.1. The summed E-state index contributed by atoms with van der Waals surface area (Å²) in [6, 6.07) is 9.08. The van der Waals surface area contributed by atoms with Crippen molar-refractivity contribution in [1.29, 1.82) is 0 Å². The van der Waals surface area contributed by atoms with Crippen molar-refractivity contribution in [3.8, 4) is 5.75 Å². The summed E-state index contributed by atoms with van der Waals surface area (Å²) < 4.78 is 10.3. The topological polar surface area (TPSA) is 108 Å². The highest BCUT2D eigenvalue weighted by molar-refractivity contribution is 5.98. The average molecular weight is 372 g/mol. The Kier molecular flexibility index (Phi) is 6.12. The number of nitrogens with one attached hydrogen (secondary N) is 1. The first-order valence-electron chi connectivity index (χ1n) is 8.14. The number of methoxy groups -OCH3 is 1. The summed E-state index contributed by atoms with van der Waals surface area (Å²) in [6.45, 7) is 5.14. The van der Waals surface area contributed by atoms with E-state index in [0.717, 1.165) is 11.1 Å². The Labute approximate surface area is 156 Å². The highest BCUT2D eigenvalue weighted by Gasteiger charge is 2.22. The molecule has 1 atom stereocenters. The van der Waals surface area contributed by atoms with Crippen molar-refractivity contribution in [2.45, 2.75) is 26.9 Å². The SMILES string of the molecule is COc1cc([N+](=O)[O-])ccc1NC(=O)[C@H](C)OC(=O)c1ccc(C)cc1C. The lowest BCUT2D eigenvalue weighted by molar-refractivity contribution is -0.384. The molecule has 2 aromatic carbocycles. The lowest BCUT2D eigenvalue weighted by Crippen LogP contribution is -2.30. The number of carbonyl (C=O) groups is 2. The molecule has 0 bridgehead atoms. The number of amides is 1. The van der Waals surface area contributed by atoms with Gasteiger partial charge in [0.1, 0.15) is 5.75 Å². The van der Waals surface area contributed by atoms with E-state index in [2.05, 4.69) is 5.32 Å². The monoisotopic (exact) mass is 372 g/mol. The van der Waals surface area contributed by atoms with Crippen LogP contribution in [0.15, 0.2) is 36.4 Å². The summed E-state index contributed by atoms with van der Waals surface area (Å²) in [4.78, 5) is 34.9. The number of aryl methyl sites for hydroxylation is 2. The van der Waals surface area contributed by atoms with Gasteiger partial charge in [0, 0.05) is 6.07 Å². The number of benzene rings is 2. The van der Waals surface area contributed by atoms with E-state index in [1.807, 2.05) is 13.0 Å². The minimum absolute atomic E-state index is 0.130. The Morgan fingerprint density at radius 3 is 2.44 bits per heavy atom. The van der Waals surface area contributed by atoms with E-state index in [1.165, 1.54) is 32.2 Å². The number of nitro groups is 1. The number of ether oxygens (including phenoxy) is 2. The van der Waals surface area contributed by atoms with E-state index in [-0.39, 0.29) is 17.1 Å². The predicted octanol–water partition coefficient (Wildman–Crippen LogP) is 3.40. The molecule has 0 spiro atoms. The van der Waals surface area contributed by atoms with Crippen LogP contribution in [0.2, 0.25) is 0 Å². The molecule has 1 amide bonds. The van der Waals surface area contributed by atoms with Gasteiger partial charge in [0.05, 0.1) is 29.4 Å². The van der Waals surface area contributed by atoms with E-state index >= 15 is 0 Å². The van der Waals surface area contributed by atoms with Crippen molar-refractivity contribution in [2.24, 2.45) is 0 Å². The van der Waals surface area contributed by atoms with Gasteiger partial charge < -0.3 is 14.8 Å². The van der Waals surface area contributed by atoms with Gasteiger partial charge in [0.25, 0.3) is 11.6 Å². The Balaban J connectivity index is 2.09. The molecule has 1 N–H and O–H groups in total. The number of hydrogen-bond donors (Lipinski definition) is 1. The van der Waals surface area contributed by atoms with Crippen LogP contribution in [0.5, 0.6) is 5.75 Å². The Hall–Kier alpha value is -3.42.